The Kier molecular flexibility index (Phi) is 6.21. The monoisotopic (exact) mass is 391 g/mol. The molecule has 1 fully saturated rings. The molecule has 0 spiro atoms. The number of hydrogen-bond donors (Lipinski definition) is 1. The van der Waals surface area contributed by atoms with Gasteiger partial charge in [0.25, 0.3) is 0 Å². The van der Waals surface area contributed by atoms with Crippen molar-refractivity contribution in [2.24, 2.45) is 5.41 Å². The number of hydrogen-bond acceptors (Lipinski definition) is 5. The fourth-order valence-corrected chi connectivity index (χ4v) is 3.56. The third-order valence-electron chi connectivity index (χ3n) is 5.56. The van der Waals surface area contributed by atoms with Crippen LogP contribution in [-0.4, -0.2) is 68.0 Å². The third-order valence-corrected chi connectivity index (χ3v) is 5.81. The van der Waals surface area contributed by atoms with Crippen molar-refractivity contribution in [3.8, 4) is 0 Å². The van der Waals surface area contributed by atoms with Crippen molar-refractivity contribution in [1.29, 1.82) is 0 Å². The standard InChI is InChI=1S/C20H30ClN5O/c1-19(2,3)20(27,14-26-16-22-15-23-26)13-25-10-8-24(9-11-25)12-17-4-6-18(21)7-5-17/h4-7,15-16,27H,8-14H2,1-3H3. The first kappa shape index (κ1) is 20.3. The smallest absolute Gasteiger partial charge is 0.137 e. The van der Waals surface area contributed by atoms with Gasteiger partial charge >= 0.3 is 0 Å². The molecule has 0 amide bonds. The number of aromatic nitrogens is 3. The van der Waals surface area contributed by atoms with E-state index in [1.165, 1.54) is 11.9 Å². The molecule has 6 nitrogen and oxygen atoms in total. The average Bonchev–Trinajstić information content (AvgIpc) is 3.10. The van der Waals surface area contributed by atoms with Gasteiger partial charge in [0.15, 0.2) is 0 Å². The van der Waals surface area contributed by atoms with Crippen LogP contribution in [0.15, 0.2) is 36.9 Å². The molecule has 1 unspecified atom stereocenters. The number of piperazine rings is 1. The van der Waals surface area contributed by atoms with Crippen molar-refractivity contribution < 1.29 is 5.11 Å². The molecule has 1 aliphatic rings. The molecule has 0 saturated carbocycles. The predicted octanol–water partition coefficient (Wildman–Crippen LogP) is 2.53. The molecule has 0 bridgehead atoms. The summed E-state index contributed by atoms with van der Waals surface area (Å²) < 4.78 is 1.72. The van der Waals surface area contributed by atoms with Crippen molar-refractivity contribution >= 4 is 11.6 Å². The summed E-state index contributed by atoms with van der Waals surface area (Å²) >= 11 is 5.97. The average molecular weight is 392 g/mol. The van der Waals surface area contributed by atoms with Crippen LogP contribution in [0.1, 0.15) is 26.3 Å². The largest absolute Gasteiger partial charge is 0.386 e. The highest BCUT2D eigenvalue weighted by molar-refractivity contribution is 6.30. The van der Waals surface area contributed by atoms with Crippen molar-refractivity contribution in [3.05, 3.63) is 47.5 Å². The van der Waals surface area contributed by atoms with Gasteiger partial charge in [-0.1, -0.05) is 44.5 Å². The Bertz CT molecular complexity index is 705. The van der Waals surface area contributed by atoms with Crippen LogP contribution in [0.4, 0.5) is 0 Å². The van der Waals surface area contributed by atoms with E-state index >= 15 is 0 Å². The quantitative estimate of drug-likeness (QED) is 0.820. The van der Waals surface area contributed by atoms with Crippen LogP contribution in [0.5, 0.6) is 0 Å². The Morgan fingerprint density at radius 3 is 2.19 bits per heavy atom. The van der Waals surface area contributed by atoms with E-state index in [0.29, 0.717) is 13.1 Å². The maximum Gasteiger partial charge on any atom is 0.137 e. The minimum atomic E-state index is -0.876. The molecule has 7 heteroatoms. The van der Waals surface area contributed by atoms with E-state index in [-0.39, 0.29) is 5.41 Å². The molecule has 2 heterocycles. The van der Waals surface area contributed by atoms with Crippen LogP contribution < -0.4 is 0 Å². The van der Waals surface area contributed by atoms with Crippen molar-refractivity contribution in [1.82, 2.24) is 24.6 Å². The fraction of sp³-hybridized carbons (Fsp3) is 0.600. The molecule has 0 radical (unpaired) electrons. The Morgan fingerprint density at radius 1 is 1.00 bits per heavy atom. The van der Waals surface area contributed by atoms with Crippen molar-refractivity contribution in [2.45, 2.75) is 39.5 Å². The van der Waals surface area contributed by atoms with Crippen LogP contribution in [0.2, 0.25) is 5.02 Å². The fourth-order valence-electron chi connectivity index (χ4n) is 3.43. The summed E-state index contributed by atoms with van der Waals surface area (Å²) in [6.45, 7) is 12.1. The van der Waals surface area contributed by atoms with Gasteiger partial charge in [-0.25, -0.2) is 4.98 Å². The first-order chi connectivity index (χ1) is 12.7. The van der Waals surface area contributed by atoms with Crippen molar-refractivity contribution in [3.63, 3.8) is 0 Å². The van der Waals surface area contributed by atoms with E-state index in [1.807, 2.05) is 12.1 Å². The zero-order chi connectivity index (χ0) is 19.5. The zero-order valence-electron chi connectivity index (χ0n) is 16.5. The third kappa shape index (κ3) is 5.29. The lowest BCUT2D eigenvalue weighted by Gasteiger charge is -2.45. The van der Waals surface area contributed by atoms with E-state index in [0.717, 1.165) is 37.7 Å². The maximum atomic E-state index is 11.4. The van der Waals surface area contributed by atoms with Crippen LogP contribution in [0, 0.1) is 5.41 Å². The number of β-amino-alcohol motifs (C(OH)–C–C–N with tert-alkyl or cyclic N) is 1. The van der Waals surface area contributed by atoms with Crippen LogP contribution in [-0.2, 0) is 13.1 Å². The Morgan fingerprint density at radius 2 is 1.63 bits per heavy atom. The molecule has 0 aliphatic carbocycles. The number of rotatable bonds is 6. The molecule has 148 valence electrons. The number of benzene rings is 1. The maximum absolute atomic E-state index is 11.4. The molecule has 1 saturated heterocycles. The van der Waals surface area contributed by atoms with E-state index in [1.54, 1.807) is 11.0 Å². The van der Waals surface area contributed by atoms with E-state index in [9.17, 15) is 5.11 Å². The second-order valence-corrected chi connectivity index (χ2v) is 8.99. The molecular weight excluding hydrogens is 362 g/mol. The Balaban J connectivity index is 1.56. The van der Waals surface area contributed by atoms with Gasteiger partial charge in [0.1, 0.15) is 18.3 Å². The highest BCUT2D eigenvalue weighted by Crippen LogP contribution is 2.33. The van der Waals surface area contributed by atoms with Gasteiger partial charge in [0.05, 0.1) is 6.54 Å². The summed E-state index contributed by atoms with van der Waals surface area (Å²) in [5, 5.41) is 16.4. The Labute approximate surface area is 166 Å². The molecule has 1 aromatic carbocycles. The molecule has 1 aliphatic heterocycles. The molecule has 2 aromatic rings. The summed E-state index contributed by atoms with van der Waals surface area (Å²) in [6.07, 6.45) is 3.18. The molecule has 27 heavy (non-hydrogen) atoms. The first-order valence-electron chi connectivity index (χ1n) is 9.49. The van der Waals surface area contributed by atoms with Gasteiger partial charge in [-0.05, 0) is 23.1 Å². The molecule has 1 atom stereocenters. The summed E-state index contributed by atoms with van der Waals surface area (Å²) in [4.78, 5) is 8.82. The highest BCUT2D eigenvalue weighted by Gasteiger charge is 2.42. The first-order valence-corrected chi connectivity index (χ1v) is 9.87. The van der Waals surface area contributed by atoms with Gasteiger partial charge < -0.3 is 5.11 Å². The van der Waals surface area contributed by atoms with Crippen LogP contribution in [0.25, 0.3) is 0 Å². The van der Waals surface area contributed by atoms with Gasteiger partial charge in [0.2, 0.25) is 0 Å². The molecule has 3 rings (SSSR count). The van der Waals surface area contributed by atoms with Crippen molar-refractivity contribution in [2.75, 3.05) is 32.7 Å². The topological polar surface area (TPSA) is 57.4 Å². The van der Waals surface area contributed by atoms with E-state index in [4.69, 9.17) is 11.6 Å². The molecule has 1 N–H and O–H groups in total. The summed E-state index contributed by atoms with van der Waals surface area (Å²) in [7, 11) is 0. The van der Waals surface area contributed by atoms with Gasteiger partial charge in [0, 0.05) is 44.3 Å². The summed E-state index contributed by atoms with van der Waals surface area (Å²) in [5.74, 6) is 0. The predicted molar refractivity (Wildman–Crippen MR) is 108 cm³/mol. The Hall–Kier alpha value is -1.47. The second kappa shape index (κ2) is 8.27. The highest BCUT2D eigenvalue weighted by atomic mass is 35.5. The summed E-state index contributed by atoms with van der Waals surface area (Å²) in [5.41, 5.74) is 0.142. The normalized spacial score (nSPS) is 19.1. The zero-order valence-corrected chi connectivity index (χ0v) is 17.2. The SMILES string of the molecule is CC(C)(C)C(O)(CN1CCN(Cc2ccc(Cl)cc2)CC1)Cn1cncn1. The van der Waals surface area contributed by atoms with E-state index < -0.39 is 5.60 Å². The lowest BCUT2D eigenvalue weighted by atomic mass is 9.76. The minimum Gasteiger partial charge on any atom is -0.386 e. The molecular formula is C20H30ClN5O. The number of nitrogens with zero attached hydrogens (tertiary/aromatic N) is 5. The number of aliphatic hydroxyl groups is 1. The lowest BCUT2D eigenvalue weighted by molar-refractivity contribution is -0.0990. The van der Waals surface area contributed by atoms with Crippen LogP contribution in [0.3, 0.4) is 0 Å². The molecule has 1 aromatic heterocycles. The minimum absolute atomic E-state index is 0.264. The van der Waals surface area contributed by atoms with Gasteiger partial charge in [-0.2, -0.15) is 5.10 Å². The summed E-state index contributed by atoms with van der Waals surface area (Å²) in [6, 6.07) is 8.07. The lowest BCUT2D eigenvalue weighted by Crippen LogP contribution is -2.58. The van der Waals surface area contributed by atoms with Gasteiger partial charge in [-0.3, -0.25) is 14.5 Å². The second-order valence-electron chi connectivity index (χ2n) is 8.55. The van der Waals surface area contributed by atoms with Crippen LogP contribution >= 0.6 is 11.6 Å². The number of halogens is 1. The van der Waals surface area contributed by atoms with Gasteiger partial charge in [-0.15, -0.1) is 0 Å². The van der Waals surface area contributed by atoms with E-state index in [2.05, 4.69) is 52.8 Å².